The van der Waals surface area contributed by atoms with Gasteiger partial charge in [-0.1, -0.05) is 6.58 Å². The molecule has 0 bridgehead atoms. The van der Waals surface area contributed by atoms with Crippen molar-refractivity contribution in [2.24, 2.45) is 0 Å². The lowest BCUT2D eigenvalue weighted by atomic mass is 10.3. The second kappa shape index (κ2) is 3.97. The third-order valence-corrected chi connectivity index (χ3v) is 3.13. The zero-order valence-electron chi connectivity index (χ0n) is 7.68. The van der Waals surface area contributed by atoms with Crippen molar-refractivity contribution in [3.8, 4) is 0 Å². The largest absolute Gasteiger partial charge is 0.291 e. The van der Waals surface area contributed by atoms with Crippen molar-refractivity contribution in [2.45, 2.75) is 4.90 Å². The maximum absolute atomic E-state index is 13.2. The number of rotatable bonds is 3. The van der Waals surface area contributed by atoms with Crippen LogP contribution < -0.4 is 0 Å². The summed E-state index contributed by atoms with van der Waals surface area (Å²) in [4.78, 5) is 8.04. The Balaban J connectivity index is 3.77. The molecule has 1 aromatic carbocycles. The van der Waals surface area contributed by atoms with Gasteiger partial charge in [-0.2, -0.15) is 0 Å². The van der Waals surface area contributed by atoms with Gasteiger partial charge in [-0.15, -0.1) is 0 Å². The molecule has 0 spiro atoms. The minimum absolute atomic E-state index is 0.317. The monoisotopic (exact) mass is 249 g/mol. The van der Waals surface area contributed by atoms with E-state index in [-0.39, 0.29) is 0 Å². The summed E-state index contributed by atoms with van der Waals surface area (Å²) >= 11 is 0. The summed E-state index contributed by atoms with van der Waals surface area (Å²) in [6.07, 6.45) is 0. The molecule has 0 radical (unpaired) electrons. The number of hydrogen-bond donors (Lipinski definition) is 0. The van der Waals surface area contributed by atoms with Crippen LogP contribution in [0.5, 0.6) is 0 Å². The van der Waals surface area contributed by atoms with Crippen LogP contribution in [0.1, 0.15) is 0 Å². The van der Waals surface area contributed by atoms with Gasteiger partial charge in [0, 0.05) is 11.5 Å². The van der Waals surface area contributed by atoms with E-state index in [1.165, 1.54) is 0 Å². The fourth-order valence-corrected chi connectivity index (χ4v) is 1.97. The molecular weight excluding hydrogens is 244 g/mol. The lowest BCUT2D eigenvalue weighted by molar-refractivity contribution is -0.388. The van der Waals surface area contributed by atoms with Crippen LogP contribution in [0.25, 0.3) is 0 Å². The highest BCUT2D eigenvalue weighted by molar-refractivity contribution is 7.94. The highest BCUT2D eigenvalue weighted by atomic mass is 32.2. The van der Waals surface area contributed by atoms with Crippen LogP contribution in [0.3, 0.4) is 0 Å². The van der Waals surface area contributed by atoms with Crippen LogP contribution in [0.4, 0.5) is 14.5 Å². The molecule has 0 aliphatic carbocycles. The van der Waals surface area contributed by atoms with Crippen molar-refractivity contribution < 1.29 is 22.1 Å². The summed E-state index contributed by atoms with van der Waals surface area (Å²) < 4.78 is 48.5. The van der Waals surface area contributed by atoms with E-state index in [0.29, 0.717) is 17.5 Å². The number of hydrogen-bond acceptors (Lipinski definition) is 4. The molecule has 5 nitrogen and oxygen atoms in total. The zero-order chi connectivity index (χ0) is 12.5. The number of halogens is 2. The zero-order valence-corrected chi connectivity index (χ0v) is 8.50. The number of nitro groups is 1. The topological polar surface area (TPSA) is 77.3 Å². The van der Waals surface area contributed by atoms with Crippen LogP contribution in [-0.2, 0) is 9.84 Å². The molecule has 0 unspecified atom stereocenters. The molecule has 16 heavy (non-hydrogen) atoms. The molecule has 0 saturated heterocycles. The average Bonchev–Trinajstić information content (AvgIpc) is 2.21. The minimum atomic E-state index is -4.42. The molecule has 0 N–H and O–H groups in total. The Morgan fingerprint density at radius 1 is 1.38 bits per heavy atom. The summed E-state index contributed by atoms with van der Waals surface area (Å²) in [7, 11) is -4.42. The first-order chi connectivity index (χ1) is 7.31. The van der Waals surface area contributed by atoms with Crippen LogP contribution in [0.15, 0.2) is 29.0 Å². The van der Waals surface area contributed by atoms with Crippen LogP contribution in [0, 0.1) is 21.7 Å². The summed E-state index contributed by atoms with van der Waals surface area (Å²) in [5.74, 6) is -3.26. The SMILES string of the molecule is C=CS(=O)(=O)c1c([N+](=O)[O-])ccc(F)c1F. The van der Waals surface area contributed by atoms with E-state index in [4.69, 9.17) is 0 Å². The van der Waals surface area contributed by atoms with Gasteiger partial charge in [0.15, 0.2) is 16.5 Å². The second-order valence-electron chi connectivity index (χ2n) is 2.68. The Kier molecular flexibility index (Phi) is 3.04. The number of nitro benzene ring substituents is 1. The number of sulfone groups is 1. The fraction of sp³-hybridized carbons (Fsp3) is 0. The molecule has 1 aromatic rings. The summed E-state index contributed by atoms with van der Waals surface area (Å²) in [5.41, 5.74) is -1.03. The third-order valence-electron chi connectivity index (χ3n) is 1.73. The molecule has 0 aromatic heterocycles. The maximum Gasteiger partial charge on any atom is 0.291 e. The molecule has 1 rings (SSSR count). The van der Waals surface area contributed by atoms with E-state index in [1.54, 1.807) is 0 Å². The Hall–Kier alpha value is -1.83. The standard InChI is InChI=1S/C8H5F2NO4S/c1-2-16(14,15)8-6(11(12)13)4-3-5(9)7(8)10/h2-4H,1H2. The van der Waals surface area contributed by atoms with Crippen molar-refractivity contribution in [3.05, 3.63) is 45.9 Å². The second-order valence-corrected chi connectivity index (χ2v) is 4.51. The van der Waals surface area contributed by atoms with Gasteiger partial charge in [0.25, 0.3) is 5.69 Å². The maximum atomic E-state index is 13.2. The van der Waals surface area contributed by atoms with E-state index < -0.39 is 37.0 Å². The molecule has 0 aliphatic heterocycles. The van der Waals surface area contributed by atoms with Gasteiger partial charge in [0.2, 0.25) is 9.84 Å². The first kappa shape index (κ1) is 12.2. The molecule has 8 heteroatoms. The molecule has 86 valence electrons. The molecule has 0 fully saturated rings. The minimum Gasteiger partial charge on any atom is -0.258 e. The van der Waals surface area contributed by atoms with Crippen molar-refractivity contribution in [2.75, 3.05) is 0 Å². The normalized spacial score (nSPS) is 11.1. The molecule has 0 heterocycles. The Bertz CT molecular complexity index is 568. The van der Waals surface area contributed by atoms with Gasteiger partial charge in [0.05, 0.1) is 4.92 Å². The van der Waals surface area contributed by atoms with E-state index in [2.05, 4.69) is 6.58 Å². The molecule has 0 amide bonds. The summed E-state index contributed by atoms with van der Waals surface area (Å²) in [6, 6.07) is 1.06. The molecule has 0 atom stereocenters. The predicted molar refractivity (Wildman–Crippen MR) is 50.4 cm³/mol. The fourth-order valence-electron chi connectivity index (χ4n) is 1.02. The Morgan fingerprint density at radius 2 is 1.94 bits per heavy atom. The lowest BCUT2D eigenvalue weighted by Gasteiger charge is -2.02. The predicted octanol–water partition coefficient (Wildman–Crippen LogP) is 1.79. The van der Waals surface area contributed by atoms with Crippen molar-refractivity contribution in [3.63, 3.8) is 0 Å². The highest BCUT2D eigenvalue weighted by Gasteiger charge is 2.30. The first-order valence-corrected chi connectivity index (χ1v) is 5.36. The molecular formula is C8H5F2NO4S. The highest BCUT2D eigenvalue weighted by Crippen LogP contribution is 2.29. The van der Waals surface area contributed by atoms with E-state index in [9.17, 15) is 27.3 Å². The lowest BCUT2D eigenvalue weighted by Crippen LogP contribution is -2.06. The van der Waals surface area contributed by atoms with Gasteiger partial charge >= 0.3 is 0 Å². The van der Waals surface area contributed by atoms with Gasteiger partial charge in [0.1, 0.15) is 0 Å². The molecule has 0 saturated carbocycles. The quantitative estimate of drug-likeness (QED) is 0.604. The van der Waals surface area contributed by atoms with Gasteiger partial charge < -0.3 is 0 Å². The Labute approximate surface area is 89.1 Å². The van der Waals surface area contributed by atoms with Crippen molar-refractivity contribution in [1.82, 2.24) is 0 Å². The van der Waals surface area contributed by atoms with E-state index >= 15 is 0 Å². The number of benzene rings is 1. The van der Waals surface area contributed by atoms with Gasteiger partial charge in [-0.3, -0.25) is 10.1 Å². The first-order valence-electron chi connectivity index (χ1n) is 3.81. The van der Waals surface area contributed by atoms with Crippen molar-refractivity contribution >= 4 is 15.5 Å². The van der Waals surface area contributed by atoms with Gasteiger partial charge in [-0.05, 0) is 6.07 Å². The van der Waals surface area contributed by atoms with Crippen molar-refractivity contribution in [1.29, 1.82) is 0 Å². The smallest absolute Gasteiger partial charge is 0.258 e. The molecule has 0 aliphatic rings. The summed E-state index contributed by atoms with van der Waals surface area (Å²) in [6.45, 7) is 2.88. The van der Waals surface area contributed by atoms with Crippen LogP contribution in [0.2, 0.25) is 0 Å². The number of nitrogens with zero attached hydrogens (tertiary/aromatic N) is 1. The van der Waals surface area contributed by atoms with E-state index in [0.717, 1.165) is 0 Å². The van der Waals surface area contributed by atoms with Crippen LogP contribution in [-0.4, -0.2) is 13.3 Å². The van der Waals surface area contributed by atoms with Crippen LogP contribution >= 0.6 is 0 Å². The van der Waals surface area contributed by atoms with Gasteiger partial charge in [-0.25, -0.2) is 17.2 Å². The van der Waals surface area contributed by atoms with E-state index in [1.807, 2.05) is 0 Å². The summed E-state index contributed by atoms with van der Waals surface area (Å²) in [5, 5.41) is 10.8. The Morgan fingerprint density at radius 3 is 2.38 bits per heavy atom. The third kappa shape index (κ3) is 1.91. The average molecular weight is 249 g/mol.